The van der Waals surface area contributed by atoms with Gasteiger partial charge in [0.1, 0.15) is 5.75 Å². The predicted octanol–water partition coefficient (Wildman–Crippen LogP) is 1.37. The zero-order valence-corrected chi connectivity index (χ0v) is 14.2. The lowest BCUT2D eigenvalue weighted by Crippen LogP contribution is -2.53. The minimum Gasteiger partial charge on any atom is -0.481 e. The van der Waals surface area contributed by atoms with E-state index in [0.29, 0.717) is 51.6 Å². The second kappa shape index (κ2) is 8.20. The van der Waals surface area contributed by atoms with E-state index in [9.17, 15) is 9.59 Å². The number of hydrogen-bond donors (Lipinski definition) is 1. The van der Waals surface area contributed by atoms with Gasteiger partial charge in [-0.3, -0.25) is 9.59 Å². The van der Waals surface area contributed by atoms with Crippen molar-refractivity contribution in [2.45, 2.75) is 25.4 Å². The number of ether oxygens (including phenoxy) is 2. The molecule has 7 nitrogen and oxygen atoms in total. The number of fused-ring (bicyclic) bond motifs is 1. The maximum atomic E-state index is 12.8. The number of rotatable bonds is 6. The van der Waals surface area contributed by atoms with E-state index in [-0.39, 0.29) is 12.3 Å². The Kier molecular flexibility index (Phi) is 5.75. The van der Waals surface area contributed by atoms with Crippen molar-refractivity contribution >= 4 is 17.6 Å². The number of nitrogens with zero attached hydrogens (tertiary/aromatic N) is 2. The number of para-hydroxylation sites is 2. The average Bonchev–Trinajstić information content (AvgIpc) is 2.65. The topological polar surface area (TPSA) is 79.3 Å². The van der Waals surface area contributed by atoms with Gasteiger partial charge in [-0.2, -0.15) is 0 Å². The van der Waals surface area contributed by atoms with E-state index in [1.54, 1.807) is 4.90 Å². The summed E-state index contributed by atoms with van der Waals surface area (Å²) in [7, 11) is 0. The van der Waals surface area contributed by atoms with Gasteiger partial charge in [0.2, 0.25) is 0 Å². The number of benzene rings is 1. The van der Waals surface area contributed by atoms with Gasteiger partial charge in [-0.15, -0.1) is 0 Å². The number of carboxylic acid groups (broad SMARTS) is 1. The van der Waals surface area contributed by atoms with E-state index < -0.39 is 12.1 Å². The average molecular weight is 348 g/mol. The minimum atomic E-state index is -0.775. The second-order valence-electron chi connectivity index (χ2n) is 6.31. The molecule has 2 aliphatic heterocycles. The highest BCUT2D eigenvalue weighted by molar-refractivity contribution is 5.83. The number of unbranched alkanes of at least 4 members (excludes halogenated alkanes) is 1. The molecule has 2 heterocycles. The summed E-state index contributed by atoms with van der Waals surface area (Å²) in [6.07, 6.45) is 1.02. The number of anilines is 1. The van der Waals surface area contributed by atoms with Crippen LogP contribution >= 0.6 is 0 Å². The van der Waals surface area contributed by atoms with Crippen molar-refractivity contribution in [3.63, 3.8) is 0 Å². The van der Waals surface area contributed by atoms with Crippen molar-refractivity contribution in [3.05, 3.63) is 24.3 Å². The van der Waals surface area contributed by atoms with Crippen LogP contribution < -0.4 is 9.64 Å². The molecule has 1 amide bonds. The molecule has 0 aromatic heterocycles. The van der Waals surface area contributed by atoms with Crippen molar-refractivity contribution in [2.75, 3.05) is 44.3 Å². The molecule has 0 spiro atoms. The monoisotopic (exact) mass is 348 g/mol. The van der Waals surface area contributed by atoms with E-state index in [0.717, 1.165) is 12.1 Å². The predicted molar refractivity (Wildman–Crippen MR) is 92.0 cm³/mol. The number of carboxylic acids is 1. The SMILES string of the molecule is O=C(O)CCCCN1CC(C(=O)N2CCOCC2)Oc2ccccc21. The highest BCUT2D eigenvalue weighted by Crippen LogP contribution is 2.33. The van der Waals surface area contributed by atoms with Gasteiger partial charge in [0, 0.05) is 26.1 Å². The lowest BCUT2D eigenvalue weighted by Gasteiger charge is -2.38. The van der Waals surface area contributed by atoms with Gasteiger partial charge in [-0.1, -0.05) is 12.1 Å². The van der Waals surface area contributed by atoms with Gasteiger partial charge in [0.05, 0.1) is 25.4 Å². The molecule has 136 valence electrons. The van der Waals surface area contributed by atoms with E-state index in [2.05, 4.69) is 4.90 Å². The number of aliphatic carboxylic acids is 1. The molecule has 2 aliphatic rings. The molecule has 3 rings (SSSR count). The zero-order chi connectivity index (χ0) is 17.6. The Morgan fingerprint density at radius 2 is 1.92 bits per heavy atom. The summed E-state index contributed by atoms with van der Waals surface area (Å²) in [5.41, 5.74) is 0.962. The summed E-state index contributed by atoms with van der Waals surface area (Å²) in [6.45, 7) is 3.51. The lowest BCUT2D eigenvalue weighted by molar-refractivity contribution is -0.142. The Labute approximate surface area is 147 Å². The fourth-order valence-corrected chi connectivity index (χ4v) is 3.21. The molecule has 1 N–H and O–H groups in total. The minimum absolute atomic E-state index is 0.00617. The first-order valence-corrected chi connectivity index (χ1v) is 8.74. The van der Waals surface area contributed by atoms with Crippen molar-refractivity contribution in [1.82, 2.24) is 4.90 Å². The molecule has 0 saturated carbocycles. The lowest BCUT2D eigenvalue weighted by atomic mass is 10.1. The molecule has 0 bridgehead atoms. The van der Waals surface area contributed by atoms with E-state index in [1.807, 2.05) is 24.3 Å². The molecule has 1 saturated heterocycles. The highest BCUT2D eigenvalue weighted by atomic mass is 16.5. The summed E-state index contributed by atoms with van der Waals surface area (Å²) in [4.78, 5) is 27.4. The van der Waals surface area contributed by atoms with Gasteiger partial charge < -0.3 is 24.4 Å². The second-order valence-corrected chi connectivity index (χ2v) is 6.31. The van der Waals surface area contributed by atoms with Crippen LogP contribution in [0, 0.1) is 0 Å². The Bertz CT molecular complexity index is 615. The highest BCUT2D eigenvalue weighted by Gasteiger charge is 2.33. The van der Waals surface area contributed by atoms with Gasteiger partial charge in [-0.25, -0.2) is 0 Å². The molecule has 0 aliphatic carbocycles. The summed E-state index contributed by atoms with van der Waals surface area (Å²) in [5, 5.41) is 8.77. The number of carbonyl (C=O) groups is 2. The van der Waals surface area contributed by atoms with Gasteiger partial charge in [0.25, 0.3) is 5.91 Å². The van der Waals surface area contributed by atoms with Crippen LogP contribution in [0.15, 0.2) is 24.3 Å². The quantitative estimate of drug-likeness (QED) is 0.782. The first-order chi connectivity index (χ1) is 12.1. The van der Waals surface area contributed by atoms with Crippen LogP contribution in [-0.2, 0) is 14.3 Å². The Morgan fingerprint density at radius 1 is 1.16 bits per heavy atom. The third kappa shape index (κ3) is 4.42. The maximum absolute atomic E-state index is 12.8. The van der Waals surface area contributed by atoms with Crippen molar-refractivity contribution in [2.24, 2.45) is 0 Å². The summed E-state index contributed by atoms with van der Waals surface area (Å²) in [5.74, 6) is -0.0744. The van der Waals surface area contributed by atoms with Crippen molar-refractivity contribution < 1.29 is 24.2 Å². The first-order valence-electron chi connectivity index (χ1n) is 8.74. The van der Waals surface area contributed by atoms with Crippen LogP contribution in [0.25, 0.3) is 0 Å². The molecular formula is C18H24N2O5. The normalized spacial score (nSPS) is 19.9. The summed E-state index contributed by atoms with van der Waals surface area (Å²) < 4.78 is 11.3. The van der Waals surface area contributed by atoms with Crippen LogP contribution in [-0.4, -0.2) is 67.4 Å². The first kappa shape index (κ1) is 17.5. The molecule has 1 unspecified atom stereocenters. The number of hydrogen-bond acceptors (Lipinski definition) is 5. The molecule has 1 aromatic carbocycles. The summed E-state index contributed by atoms with van der Waals surface area (Å²) >= 11 is 0. The maximum Gasteiger partial charge on any atom is 0.303 e. The van der Waals surface area contributed by atoms with Crippen molar-refractivity contribution in [3.8, 4) is 5.75 Å². The summed E-state index contributed by atoms with van der Waals surface area (Å²) in [6, 6.07) is 7.68. The standard InChI is InChI=1S/C18H24N2O5/c21-17(22)7-3-4-8-20-13-16(18(23)19-9-11-24-12-10-19)25-15-6-2-1-5-14(15)20/h1-2,5-6,16H,3-4,7-13H2,(H,21,22). The number of morpholine rings is 1. The molecule has 1 atom stereocenters. The fraction of sp³-hybridized carbons (Fsp3) is 0.556. The van der Waals surface area contributed by atoms with E-state index in [4.69, 9.17) is 14.6 Å². The molecule has 1 fully saturated rings. The Hall–Kier alpha value is -2.28. The van der Waals surface area contributed by atoms with Gasteiger partial charge in [0.15, 0.2) is 6.10 Å². The smallest absolute Gasteiger partial charge is 0.303 e. The van der Waals surface area contributed by atoms with Crippen LogP contribution in [0.2, 0.25) is 0 Å². The fourth-order valence-electron chi connectivity index (χ4n) is 3.21. The molecule has 25 heavy (non-hydrogen) atoms. The largest absolute Gasteiger partial charge is 0.481 e. The van der Waals surface area contributed by atoms with Crippen LogP contribution in [0.1, 0.15) is 19.3 Å². The third-order valence-corrected chi connectivity index (χ3v) is 4.53. The van der Waals surface area contributed by atoms with Crippen LogP contribution in [0.4, 0.5) is 5.69 Å². The molecular weight excluding hydrogens is 324 g/mol. The number of amides is 1. The molecule has 7 heteroatoms. The zero-order valence-electron chi connectivity index (χ0n) is 14.2. The van der Waals surface area contributed by atoms with Gasteiger partial charge >= 0.3 is 5.97 Å². The van der Waals surface area contributed by atoms with Crippen molar-refractivity contribution in [1.29, 1.82) is 0 Å². The molecule has 1 aromatic rings. The number of carbonyl (C=O) groups excluding carboxylic acids is 1. The molecule has 0 radical (unpaired) electrons. The Morgan fingerprint density at radius 3 is 2.68 bits per heavy atom. The van der Waals surface area contributed by atoms with Crippen LogP contribution in [0.3, 0.4) is 0 Å². The van der Waals surface area contributed by atoms with Gasteiger partial charge in [-0.05, 0) is 25.0 Å². The third-order valence-electron chi connectivity index (χ3n) is 4.53. The van der Waals surface area contributed by atoms with E-state index in [1.165, 1.54) is 0 Å². The van der Waals surface area contributed by atoms with E-state index >= 15 is 0 Å². The Balaban J connectivity index is 1.66. The van der Waals surface area contributed by atoms with Crippen LogP contribution in [0.5, 0.6) is 5.75 Å².